The molecule has 0 fully saturated rings. The molecule has 0 atom stereocenters. The largest absolute Gasteiger partial charge is 0.304 e. The maximum absolute atomic E-state index is 12.7. The van der Waals surface area contributed by atoms with Crippen LogP contribution >= 0.6 is 0 Å². The summed E-state index contributed by atoms with van der Waals surface area (Å²) in [5.41, 5.74) is 2.71. The first-order chi connectivity index (χ1) is 13.2. The van der Waals surface area contributed by atoms with Crippen LogP contribution < -0.4 is 5.32 Å². The molecule has 27 heavy (non-hydrogen) atoms. The van der Waals surface area contributed by atoms with E-state index in [4.69, 9.17) is 0 Å². The predicted molar refractivity (Wildman–Crippen MR) is 104 cm³/mol. The highest BCUT2D eigenvalue weighted by Gasteiger charge is 2.19. The Labute approximate surface area is 156 Å². The quantitative estimate of drug-likeness (QED) is 0.603. The Balaban J connectivity index is 1.74. The van der Waals surface area contributed by atoms with Crippen LogP contribution in [-0.4, -0.2) is 25.7 Å². The van der Waals surface area contributed by atoms with Gasteiger partial charge in [-0.25, -0.2) is 14.6 Å². The van der Waals surface area contributed by atoms with Crippen LogP contribution in [0.2, 0.25) is 0 Å². The van der Waals surface area contributed by atoms with Crippen molar-refractivity contribution in [3.8, 4) is 17.1 Å². The number of para-hydroxylation sites is 1. The third-order valence-corrected chi connectivity index (χ3v) is 4.00. The van der Waals surface area contributed by atoms with E-state index in [-0.39, 0.29) is 5.82 Å². The number of aromatic nitrogens is 4. The van der Waals surface area contributed by atoms with E-state index in [1.165, 1.54) is 0 Å². The monoisotopic (exact) mass is 355 g/mol. The van der Waals surface area contributed by atoms with Crippen molar-refractivity contribution in [3.63, 3.8) is 0 Å². The second-order valence-corrected chi connectivity index (χ2v) is 6.04. The van der Waals surface area contributed by atoms with Crippen LogP contribution in [0.25, 0.3) is 17.1 Å². The number of nitrogens with one attached hydrogen (secondary N) is 1. The number of rotatable bonds is 4. The van der Waals surface area contributed by atoms with E-state index in [9.17, 15) is 4.79 Å². The van der Waals surface area contributed by atoms with Crippen LogP contribution in [0, 0.1) is 6.92 Å². The van der Waals surface area contributed by atoms with Crippen molar-refractivity contribution in [1.29, 1.82) is 0 Å². The first-order valence-corrected chi connectivity index (χ1v) is 8.52. The second-order valence-electron chi connectivity index (χ2n) is 6.04. The lowest BCUT2D eigenvalue weighted by Crippen LogP contribution is -2.15. The summed E-state index contributed by atoms with van der Waals surface area (Å²) >= 11 is 0. The molecule has 2 heterocycles. The molecule has 0 saturated heterocycles. The fraction of sp³-hybridized carbons (Fsp3) is 0.0476. The summed E-state index contributed by atoms with van der Waals surface area (Å²) in [6.45, 7) is 1.94. The Bertz CT molecular complexity index is 1020. The molecule has 6 nitrogen and oxygen atoms in total. The number of anilines is 1. The molecule has 6 heteroatoms. The van der Waals surface area contributed by atoms with Crippen molar-refractivity contribution in [3.05, 3.63) is 90.4 Å². The summed E-state index contributed by atoms with van der Waals surface area (Å²) in [4.78, 5) is 21.3. The van der Waals surface area contributed by atoms with Gasteiger partial charge in [-0.2, -0.15) is 0 Å². The molecule has 2 aromatic carbocycles. The number of aryl methyl sites for hydroxylation is 1. The Kier molecular flexibility index (Phi) is 4.45. The first kappa shape index (κ1) is 16.7. The summed E-state index contributed by atoms with van der Waals surface area (Å²) in [5, 5.41) is 7.20. The molecule has 1 N–H and O–H groups in total. The van der Waals surface area contributed by atoms with Gasteiger partial charge in [0.1, 0.15) is 5.82 Å². The number of benzene rings is 2. The van der Waals surface area contributed by atoms with Crippen LogP contribution in [0.15, 0.2) is 79.0 Å². The summed E-state index contributed by atoms with van der Waals surface area (Å²) in [5.74, 6) is 0.752. The van der Waals surface area contributed by atoms with Crippen LogP contribution in [0.1, 0.15) is 16.2 Å². The third kappa shape index (κ3) is 3.59. The zero-order valence-electron chi connectivity index (χ0n) is 14.7. The number of amides is 1. The lowest BCUT2D eigenvalue weighted by atomic mass is 10.2. The molecular weight excluding hydrogens is 338 g/mol. The number of pyridine rings is 1. The summed E-state index contributed by atoms with van der Waals surface area (Å²) < 4.78 is 1.67. The molecular formula is C21H17N5O. The Morgan fingerprint density at radius 3 is 2.37 bits per heavy atom. The number of carbonyl (C=O) groups excluding carboxylic acids is 1. The maximum atomic E-state index is 12.7. The summed E-state index contributed by atoms with van der Waals surface area (Å²) in [6.07, 6.45) is 1.65. The van der Waals surface area contributed by atoms with Gasteiger partial charge in [0.05, 0.1) is 5.69 Å². The molecule has 0 aliphatic heterocycles. The third-order valence-electron chi connectivity index (χ3n) is 4.00. The molecule has 1 amide bonds. The molecule has 0 bridgehead atoms. The number of nitrogens with zero attached hydrogens (tertiary/aromatic N) is 4. The molecule has 0 aliphatic carbocycles. The molecule has 4 rings (SSSR count). The lowest BCUT2D eigenvalue weighted by molar-refractivity contribution is 0.101. The minimum atomic E-state index is -0.403. The highest BCUT2D eigenvalue weighted by atomic mass is 16.2. The predicted octanol–water partition coefficient (Wildman–Crippen LogP) is 3.89. The SMILES string of the molecule is Cc1ccnc(NC(=O)c2nc(-c3ccccc3)n(-c3ccccc3)n2)c1. The summed E-state index contributed by atoms with van der Waals surface area (Å²) in [7, 11) is 0. The molecule has 4 aromatic rings. The maximum Gasteiger partial charge on any atom is 0.296 e. The van der Waals surface area contributed by atoms with Gasteiger partial charge in [0, 0.05) is 11.8 Å². The zero-order valence-corrected chi connectivity index (χ0v) is 14.7. The number of carbonyl (C=O) groups is 1. The Morgan fingerprint density at radius 1 is 0.963 bits per heavy atom. The molecule has 0 unspecified atom stereocenters. The molecule has 2 aromatic heterocycles. The molecule has 0 aliphatic rings. The van der Waals surface area contributed by atoms with E-state index in [1.54, 1.807) is 16.9 Å². The van der Waals surface area contributed by atoms with Gasteiger partial charge in [-0.1, -0.05) is 48.5 Å². The van der Waals surface area contributed by atoms with Crippen LogP contribution in [0.4, 0.5) is 5.82 Å². The van der Waals surface area contributed by atoms with Crippen LogP contribution in [0.3, 0.4) is 0 Å². The van der Waals surface area contributed by atoms with Gasteiger partial charge in [-0.3, -0.25) is 4.79 Å². The van der Waals surface area contributed by atoms with Crippen molar-refractivity contribution in [1.82, 2.24) is 19.7 Å². The molecule has 0 saturated carbocycles. The number of hydrogen-bond acceptors (Lipinski definition) is 4. The minimum absolute atomic E-state index is 0.0843. The minimum Gasteiger partial charge on any atom is -0.304 e. The second kappa shape index (κ2) is 7.21. The fourth-order valence-electron chi connectivity index (χ4n) is 2.71. The first-order valence-electron chi connectivity index (χ1n) is 8.52. The average Bonchev–Trinajstić information content (AvgIpc) is 3.15. The zero-order chi connectivity index (χ0) is 18.6. The highest BCUT2D eigenvalue weighted by molar-refractivity contribution is 6.01. The van der Waals surface area contributed by atoms with Crippen molar-refractivity contribution in [2.75, 3.05) is 5.32 Å². The average molecular weight is 355 g/mol. The van der Waals surface area contributed by atoms with Gasteiger partial charge in [-0.15, -0.1) is 5.10 Å². The van der Waals surface area contributed by atoms with Gasteiger partial charge in [0.2, 0.25) is 5.82 Å². The van der Waals surface area contributed by atoms with Crippen molar-refractivity contribution in [2.24, 2.45) is 0 Å². The van der Waals surface area contributed by atoms with Crippen LogP contribution in [-0.2, 0) is 0 Å². The van der Waals surface area contributed by atoms with E-state index in [0.29, 0.717) is 11.6 Å². The topological polar surface area (TPSA) is 72.7 Å². The Morgan fingerprint density at radius 2 is 1.67 bits per heavy atom. The van der Waals surface area contributed by atoms with Gasteiger partial charge in [-0.05, 0) is 36.8 Å². The molecule has 0 spiro atoms. The van der Waals surface area contributed by atoms with Gasteiger partial charge in [0.15, 0.2) is 5.82 Å². The van der Waals surface area contributed by atoms with E-state index in [2.05, 4.69) is 20.4 Å². The highest BCUT2D eigenvalue weighted by Crippen LogP contribution is 2.21. The Hall–Kier alpha value is -3.80. The molecule has 0 radical (unpaired) electrons. The standard InChI is InChI=1S/C21H17N5O/c1-15-12-13-22-18(14-15)23-21(27)19-24-20(16-8-4-2-5-9-16)26(25-19)17-10-6-3-7-11-17/h2-14H,1H3,(H,22,23,27). The van der Waals surface area contributed by atoms with Gasteiger partial charge < -0.3 is 5.32 Å². The fourth-order valence-corrected chi connectivity index (χ4v) is 2.71. The van der Waals surface area contributed by atoms with E-state index < -0.39 is 5.91 Å². The molecule has 132 valence electrons. The lowest BCUT2D eigenvalue weighted by Gasteiger charge is -2.05. The van der Waals surface area contributed by atoms with Gasteiger partial charge >= 0.3 is 0 Å². The van der Waals surface area contributed by atoms with Crippen molar-refractivity contribution >= 4 is 11.7 Å². The normalized spacial score (nSPS) is 10.6. The number of hydrogen-bond donors (Lipinski definition) is 1. The summed E-state index contributed by atoms with van der Waals surface area (Å²) in [6, 6.07) is 22.9. The van der Waals surface area contributed by atoms with E-state index in [0.717, 1.165) is 16.8 Å². The van der Waals surface area contributed by atoms with E-state index >= 15 is 0 Å². The van der Waals surface area contributed by atoms with Gasteiger partial charge in [0.25, 0.3) is 5.91 Å². The van der Waals surface area contributed by atoms with Crippen molar-refractivity contribution < 1.29 is 4.79 Å². The smallest absolute Gasteiger partial charge is 0.296 e. The van der Waals surface area contributed by atoms with Crippen molar-refractivity contribution in [2.45, 2.75) is 6.92 Å². The van der Waals surface area contributed by atoms with E-state index in [1.807, 2.05) is 73.7 Å². The van der Waals surface area contributed by atoms with Crippen LogP contribution in [0.5, 0.6) is 0 Å².